The number of carbonyl (C=O) groups excluding carboxylic acids is 2. The van der Waals surface area contributed by atoms with Crippen molar-refractivity contribution in [2.24, 2.45) is 11.1 Å². The number of hydrogen-bond donors (Lipinski definition) is 2. The summed E-state index contributed by atoms with van der Waals surface area (Å²) in [5, 5.41) is 3.22. The van der Waals surface area contributed by atoms with E-state index in [1.54, 1.807) is 4.90 Å². The average Bonchev–Trinajstić information content (AvgIpc) is 2.79. The van der Waals surface area contributed by atoms with Gasteiger partial charge in [-0.25, -0.2) is 4.79 Å². The van der Waals surface area contributed by atoms with Crippen molar-refractivity contribution >= 4 is 29.2 Å². The third-order valence-electron chi connectivity index (χ3n) is 3.64. The number of nitrogens with one attached hydrogen (secondary N) is 1. The largest absolute Gasteiger partial charge is 0.352 e. The monoisotopic (exact) mass is 309 g/mol. The number of nitrogens with zero attached hydrogens (tertiary/aromatic N) is 1. The summed E-state index contributed by atoms with van der Waals surface area (Å²) in [6.45, 7) is 6.23. The first-order valence-electron chi connectivity index (χ1n) is 6.86. The zero-order valence-electron chi connectivity index (χ0n) is 12.4. The van der Waals surface area contributed by atoms with Crippen LogP contribution in [-0.4, -0.2) is 24.5 Å². The van der Waals surface area contributed by atoms with Crippen molar-refractivity contribution in [3.63, 3.8) is 0 Å². The molecule has 0 spiro atoms. The lowest BCUT2D eigenvalue weighted by molar-refractivity contribution is -0.122. The molecule has 1 atom stereocenters. The number of carbonyl (C=O) groups is 2. The van der Waals surface area contributed by atoms with E-state index in [2.05, 4.69) is 5.32 Å². The van der Waals surface area contributed by atoms with Crippen molar-refractivity contribution in [2.75, 3.05) is 11.4 Å². The summed E-state index contributed by atoms with van der Waals surface area (Å²) in [5.41, 5.74) is 6.55. The van der Waals surface area contributed by atoms with Gasteiger partial charge in [0.2, 0.25) is 5.91 Å². The van der Waals surface area contributed by atoms with Crippen LogP contribution in [0.2, 0.25) is 5.02 Å². The van der Waals surface area contributed by atoms with Gasteiger partial charge in [-0.3, -0.25) is 4.79 Å². The SMILES string of the molecule is CC(C)(C)[C@H](NC(N)=O)C(=O)N1CCc2c(Cl)cccc21. The number of nitrogens with two attached hydrogens (primary N) is 1. The van der Waals surface area contributed by atoms with Gasteiger partial charge in [0.1, 0.15) is 6.04 Å². The molecule has 1 heterocycles. The fraction of sp³-hybridized carbons (Fsp3) is 0.467. The summed E-state index contributed by atoms with van der Waals surface area (Å²) >= 11 is 6.17. The summed E-state index contributed by atoms with van der Waals surface area (Å²) in [6, 6.07) is 4.13. The predicted octanol–water partition coefficient (Wildman–Crippen LogP) is 2.31. The molecule has 3 N–H and O–H groups in total. The molecule has 21 heavy (non-hydrogen) atoms. The number of amides is 3. The number of halogens is 1. The highest BCUT2D eigenvalue weighted by molar-refractivity contribution is 6.32. The standard InChI is InChI=1S/C15H20ClN3O2/c1-15(2,3)12(18-14(17)21)13(20)19-8-7-9-10(16)5-4-6-11(9)19/h4-6,12H,7-8H2,1-3H3,(H3,17,18,21)/t12-/m1/s1. The minimum Gasteiger partial charge on any atom is -0.352 e. The lowest BCUT2D eigenvalue weighted by Crippen LogP contribution is -2.55. The Labute approximate surface area is 129 Å². The van der Waals surface area contributed by atoms with Crippen LogP contribution in [0.4, 0.5) is 10.5 Å². The number of primary amides is 1. The van der Waals surface area contributed by atoms with Crippen molar-refractivity contribution in [1.82, 2.24) is 5.32 Å². The smallest absolute Gasteiger partial charge is 0.312 e. The minimum atomic E-state index is -0.700. The summed E-state index contributed by atoms with van der Waals surface area (Å²) in [6.07, 6.45) is 0.716. The van der Waals surface area contributed by atoms with E-state index >= 15 is 0 Å². The first-order chi connectivity index (χ1) is 9.71. The lowest BCUT2D eigenvalue weighted by Gasteiger charge is -2.33. The molecule has 0 saturated heterocycles. The molecule has 0 unspecified atom stereocenters. The highest BCUT2D eigenvalue weighted by atomic mass is 35.5. The van der Waals surface area contributed by atoms with Gasteiger partial charge in [0.05, 0.1) is 0 Å². The van der Waals surface area contributed by atoms with Gasteiger partial charge in [-0.2, -0.15) is 0 Å². The molecule has 0 bridgehead atoms. The second kappa shape index (κ2) is 5.56. The van der Waals surface area contributed by atoms with E-state index in [4.69, 9.17) is 17.3 Å². The number of fused-ring (bicyclic) bond motifs is 1. The van der Waals surface area contributed by atoms with Crippen molar-refractivity contribution in [3.05, 3.63) is 28.8 Å². The molecule has 6 heteroatoms. The number of rotatable bonds is 2. The van der Waals surface area contributed by atoms with Gasteiger partial charge in [-0.05, 0) is 29.5 Å². The van der Waals surface area contributed by atoms with Crippen LogP contribution in [0, 0.1) is 5.41 Å². The van der Waals surface area contributed by atoms with Gasteiger partial charge in [0.15, 0.2) is 0 Å². The molecule has 0 saturated carbocycles. The summed E-state index contributed by atoms with van der Waals surface area (Å²) in [4.78, 5) is 25.7. The van der Waals surface area contributed by atoms with Crippen LogP contribution < -0.4 is 16.0 Å². The molecule has 1 aliphatic rings. The summed E-state index contributed by atoms with van der Waals surface area (Å²) < 4.78 is 0. The van der Waals surface area contributed by atoms with Gasteiger partial charge in [-0.15, -0.1) is 0 Å². The van der Waals surface area contributed by atoms with Crippen LogP contribution in [0.15, 0.2) is 18.2 Å². The van der Waals surface area contributed by atoms with Crippen LogP contribution in [0.25, 0.3) is 0 Å². The van der Waals surface area contributed by atoms with Gasteiger partial charge in [0, 0.05) is 17.3 Å². The average molecular weight is 310 g/mol. The van der Waals surface area contributed by atoms with Crippen LogP contribution in [-0.2, 0) is 11.2 Å². The van der Waals surface area contributed by atoms with E-state index in [0.717, 1.165) is 11.3 Å². The van der Waals surface area contributed by atoms with Crippen molar-refractivity contribution in [3.8, 4) is 0 Å². The summed E-state index contributed by atoms with van der Waals surface area (Å²) in [7, 11) is 0. The number of benzene rings is 1. The maximum absolute atomic E-state index is 12.8. The third-order valence-corrected chi connectivity index (χ3v) is 3.99. The second-order valence-corrected chi connectivity index (χ2v) is 6.69. The van der Waals surface area contributed by atoms with Gasteiger partial charge < -0.3 is 16.0 Å². The summed E-state index contributed by atoms with van der Waals surface area (Å²) in [5.74, 6) is -0.165. The molecule has 0 fully saturated rings. The van der Waals surface area contributed by atoms with Crippen molar-refractivity contribution in [1.29, 1.82) is 0 Å². The molecule has 1 aromatic carbocycles. The molecule has 0 aliphatic carbocycles. The maximum atomic E-state index is 12.8. The molecule has 3 amide bonds. The second-order valence-electron chi connectivity index (χ2n) is 6.29. The quantitative estimate of drug-likeness (QED) is 0.879. The predicted molar refractivity (Wildman–Crippen MR) is 83.5 cm³/mol. The Balaban J connectivity index is 2.32. The van der Waals surface area contributed by atoms with E-state index in [1.165, 1.54) is 0 Å². The number of urea groups is 1. The van der Waals surface area contributed by atoms with E-state index < -0.39 is 17.5 Å². The Morgan fingerprint density at radius 1 is 1.38 bits per heavy atom. The highest BCUT2D eigenvalue weighted by Gasteiger charge is 2.38. The zero-order valence-corrected chi connectivity index (χ0v) is 13.2. The van der Waals surface area contributed by atoms with E-state index in [9.17, 15) is 9.59 Å². The molecule has 5 nitrogen and oxygen atoms in total. The molecule has 2 rings (SSSR count). The maximum Gasteiger partial charge on any atom is 0.312 e. The van der Waals surface area contributed by atoms with Crippen molar-refractivity contribution in [2.45, 2.75) is 33.2 Å². The molecule has 114 valence electrons. The van der Waals surface area contributed by atoms with E-state index in [-0.39, 0.29) is 5.91 Å². The zero-order chi connectivity index (χ0) is 15.8. The normalized spacial score (nSPS) is 15.5. The Hall–Kier alpha value is -1.75. The Bertz CT molecular complexity index is 581. The lowest BCUT2D eigenvalue weighted by atomic mass is 9.86. The molecule has 1 aliphatic heterocycles. The van der Waals surface area contributed by atoms with Gasteiger partial charge in [0.25, 0.3) is 0 Å². The number of anilines is 1. The van der Waals surface area contributed by atoms with E-state index in [0.29, 0.717) is 18.0 Å². The Morgan fingerprint density at radius 2 is 2.05 bits per heavy atom. The van der Waals surface area contributed by atoms with Crippen LogP contribution >= 0.6 is 11.6 Å². The first-order valence-corrected chi connectivity index (χ1v) is 7.24. The first kappa shape index (κ1) is 15.6. The van der Waals surface area contributed by atoms with Crippen molar-refractivity contribution < 1.29 is 9.59 Å². The Morgan fingerprint density at radius 3 is 2.62 bits per heavy atom. The topological polar surface area (TPSA) is 75.4 Å². The van der Waals surface area contributed by atoms with Gasteiger partial charge >= 0.3 is 6.03 Å². The third kappa shape index (κ3) is 3.13. The van der Waals surface area contributed by atoms with Crippen LogP contribution in [0.3, 0.4) is 0 Å². The molecular formula is C15H20ClN3O2. The Kier molecular flexibility index (Phi) is 4.14. The minimum absolute atomic E-state index is 0.165. The molecular weight excluding hydrogens is 290 g/mol. The number of hydrogen-bond acceptors (Lipinski definition) is 2. The molecule has 0 radical (unpaired) electrons. The van der Waals surface area contributed by atoms with Gasteiger partial charge in [-0.1, -0.05) is 38.4 Å². The fourth-order valence-electron chi connectivity index (χ4n) is 2.57. The van der Waals surface area contributed by atoms with Crippen LogP contribution in [0.5, 0.6) is 0 Å². The highest BCUT2D eigenvalue weighted by Crippen LogP contribution is 2.35. The van der Waals surface area contributed by atoms with Crippen LogP contribution in [0.1, 0.15) is 26.3 Å². The molecule has 0 aromatic heterocycles. The molecule has 1 aromatic rings. The van der Waals surface area contributed by atoms with E-state index in [1.807, 2.05) is 39.0 Å². The fourth-order valence-corrected chi connectivity index (χ4v) is 2.83.